The van der Waals surface area contributed by atoms with Crippen LogP contribution in [-0.4, -0.2) is 251 Å². The summed E-state index contributed by atoms with van der Waals surface area (Å²) in [5, 5.41) is 47.1. The molecule has 8 heterocycles. The third-order valence-electron chi connectivity index (χ3n) is 24.8. The van der Waals surface area contributed by atoms with Gasteiger partial charge in [0.1, 0.15) is 49.3 Å². The molecule has 35 unspecified atom stereocenters. The SMILES string of the molecule is COC1=CC(C)OC(OC2CCC3(C)C(=CCC4(C)C3CCC3(C)C4CCC3(O)C(C)OC3CC4OCC5(CC(OC)C(OC6CC(O)C(OC7CC(O)C(OC8CC(OC)C(OC9OC(C)C(O)C(OC)C9OC(C)=O)C(C)O8)C(C)O7)C(C)O6)C(C)O5)OOC4C(C)O3)C2)C1=O. The number of ether oxygens (including phenoxy) is 19. The van der Waals surface area contributed by atoms with Crippen molar-refractivity contribution in [2.45, 2.75) is 350 Å². The third-order valence-corrected chi connectivity index (χ3v) is 24.8. The van der Waals surface area contributed by atoms with E-state index in [2.05, 4.69) is 26.8 Å². The van der Waals surface area contributed by atoms with Crippen molar-refractivity contribution >= 4 is 11.8 Å². The molecular weight excluding hydrogens is 1280 g/mol. The Bertz CT molecular complexity index is 2790. The van der Waals surface area contributed by atoms with Crippen LogP contribution in [0.4, 0.5) is 0 Å². The highest BCUT2D eigenvalue weighted by Gasteiger charge is 2.70. The number of rotatable bonds is 18. The van der Waals surface area contributed by atoms with Crippen molar-refractivity contribution < 1.29 is 130 Å². The number of allylic oxidation sites excluding steroid dienone is 1. The molecule has 7 saturated heterocycles. The summed E-state index contributed by atoms with van der Waals surface area (Å²) >= 11 is 0. The van der Waals surface area contributed by atoms with Gasteiger partial charge in [-0.15, -0.1) is 0 Å². The molecule has 8 aliphatic heterocycles. The van der Waals surface area contributed by atoms with Crippen LogP contribution in [0.1, 0.15) is 167 Å². The lowest BCUT2D eigenvalue weighted by Crippen LogP contribution is -2.62. The highest BCUT2D eigenvalue weighted by molar-refractivity contribution is 5.96. The molecule has 1 spiro atoms. The summed E-state index contributed by atoms with van der Waals surface area (Å²) in [7, 11) is 6.03. The summed E-state index contributed by atoms with van der Waals surface area (Å²) in [6.45, 7) is 23.1. The first-order chi connectivity index (χ1) is 46.5. The number of hydrogen-bond acceptors (Lipinski definition) is 27. The van der Waals surface area contributed by atoms with Gasteiger partial charge in [-0.1, -0.05) is 32.4 Å². The summed E-state index contributed by atoms with van der Waals surface area (Å²) in [5.41, 5.74) is -0.203. The average Bonchev–Trinajstić information content (AvgIpc) is 1.39. The summed E-state index contributed by atoms with van der Waals surface area (Å²) in [6.07, 6.45) is -9.12. The summed E-state index contributed by atoms with van der Waals surface area (Å²) in [5.74, 6) is -1.29. The molecule has 12 rings (SSSR count). The van der Waals surface area contributed by atoms with Gasteiger partial charge in [-0.3, -0.25) is 9.59 Å². The number of carbonyl (C=O) groups is 2. The predicted octanol–water partition coefficient (Wildman–Crippen LogP) is 5.81. The number of fused-ring (bicyclic) bond motifs is 6. The predicted molar refractivity (Wildman–Crippen MR) is 340 cm³/mol. The Morgan fingerprint density at radius 2 is 1.27 bits per heavy atom. The quantitative estimate of drug-likeness (QED) is 0.0715. The molecule has 0 bridgehead atoms. The Kier molecular flexibility index (Phi) is 22.9. The summed E-state index contributed by atoms with van der Waals surface area (Å²) < 4.78 is 118. The Balaban J connectivity index is 0.600. The molecule has 27 nitrogen and oxygen atoms in total. The minimum absolute atomic E-state index is 0.00427. The van der Waals surface area contributed by atoms with Gasteiger partial charge in [0.25, 0.3) is 5.78 Å². The van der Waals surface area contributed by atoms with Gasteiger partial charge in [0.2, 0.25) is 12.1 Å². The lowest BCUT2D eigenvalue weighted by atomic mass is 9.41. The topological polar surface area (TPSA) is 309 Å². The lowest BCUT2D eigenvalue weighted by molar-refractivity contribution is -0.472. The zero-order valence-electron chi connectivity index (χ0n) is 60.1. The van der Waals surface area contributed by atoms with Crippen LogP contribution < -0.4 is 0 Å². The normalized spacial score (nSPS) is 51.7. The second-order valence-corrected chi connectivity index (χ2v) is 31.0. The van der Waals surface area contributed by atoms with Crippen molar-refractivity contribution in [3.8, 4) is 0 Å². The Morgan fingerprint density at radius 3 is 1.90 bits per heavy atom. The molecule has 558 valence electrons. The summed E-state index contributed by atoms with van der Waals surface area (Å²) in [4.78, 5) is 37.7. The minimum Gasteiger partial charge on any atom is -0.493 e. The number of methoxy groups -OCH3 is 4. The van der Waals surface area contributed by atoms with Gasteiger partial charge in [0.15, 0.2) is 43.3 Å². The summed E-state index contributed by atoms with van der Waals surface area (Å²) in [6, 6.07) is 0. The maximum atomic E-state index is 13.1. The van der Waals surface area contributed by atoms with Gasteiger partial charge in [-0.05, 0) is 135 Å². The molecule has 35 atom stereocenters. The van der Waals surface area contributed by atoms with Crippen LogP contribution in [-0.2, 0) is 109 Å². The molecule has 4 N–H and O–H groups in total. The van der Waals surface area contributed by atoms with Gasteiger partial charge in [0, 0.05) is 65.8 Å². The van der Waals surface area contributed by atoms with Gasteiger partial charge in [-0.25, -0.2) is 4.89 Å². The second-order valence-electron chi connectivity index (χ2n) is 31.0. The zero-order valence-corrected chi connectivity index (χ0v) is 60.1. The minimum atomic E-state index is -1.38. The van der Waals surface area contributed by atoms with Crippen molar-refractivity contribution in [3.63, 3.8) is 0 Å². The lowest BCUT2D eigenvalue weighted by Gasteiger charge is -2.64. The number of esters is 1. The number of Topliss-reactive ketones (excluding diaryl/α,β-unsaturated/α-hetero) is 1. The van der Waals surface area contributed by atoms with E-state index < -0.39 is 183 Å². The van der Waals surface area contributed by atoms with Crippen LogP contribution in [0.2, 0.25) is 0 Å². The van der Waals surface area contributed by atoms with Gasteiger partial charge in [0.05, 0.1) is 98.2 Å². The first-order valence-electron chi connectivity index (χ1n) is 36.0. The van der Waals surface area contributed by atoms with E-state index in [9.17, 15) is 30.0 Å². The van der Waals surface area contributed by atoms with Crippen LogP contribution in [0, 0.1) is 28.1 Å². The Hall–Kier alpha value is -2.50. The first-order valence-corrected chi connectivity index (χ1v) is 36.0. The molecule has 4 aliphatic carbocycles. The molecule has 3 saturated carbocycles. The molecule has 10 fully saturated rings. The fraction of sp³-hybridized carbons (Fsp3) is 0.915. The highest BCUT2D eigenvalue weighted by atomic mass is 17.2. The van der Waals surface area contributed by atoms with Crippen LogP contribution in [0.3, 0.4) is 0 Å². The van der Waals surface area contributed by atoms with Crippen LogP contribution >= 0.6 is 0 Å². The highest BCUT2D eigenvalue weighted by Crippen LogP contribution is 2.72. The molecule has 0 aromatic heterocycles. The number of aliphatic hydroxyl groups is 4. The average molecular weight is 1400 g/mol. The maximum absolute atomic E-state index is 13.1. The van der Waals surface area contributed by atoms with E-state index in [-0.39, 0.29) is 72.8 Å². The molecule has 0 radical (unpaired) electrons. The van der Waals surface area contributed by atoms with Crippen molar-refractivity contribution in [2.75, 3.05) is 35.0 Å². The van der Waals surface area contributed by atoms with E-state index in [4.69, 9.17) is 99.8 Å². The van der Waals surface area contributed by atoms with E-state index >= 15 is 0 Å². The number of hydrogen-bond donors (Lipinski definition) is 4. The molecule has 0 aromatic rings. The van der Waals surface area contributed by atoms with Crippen molar-refractivity contribution in [1.82, 2.24) is 0 Å². The molecule has 12 aliphatic rings. The van der Waals surface area contributed by atoms with Crippen LogP contribution in [0.25, 0.3) is 0 Å². The maximum Gasteiger partial charge on any atom is 0.303 e. The zero-order chi connectivity index (χ0) is 70.3. The van der Waals surface area contributed by atoms with Crippen molar-refractivity contribution in [1.29, 1.82) is 0 Å². The number of ketones is 1. The van der Waals surface area contributed by atoms with Crippen molar-refractivity contribution in [2.24, 2.45) is 28.1 Å². The third kappa shape index (κ3) is 14.3. The first kappa shape index (κ1) is 75.2. The fourth-order valence-corrected chi connectivity index (χ4v) is 19.6. The standard InChI is InChI=1S/C71H112O27/c1-33-25-46(78-13)57(76)65(83-33)91-43-18-22-67(10)42(26-43)17-21-68(11)50(67)19-23-69(12)51(68)20-24-71(69,77)40(8)89-54-30-48-62(38(6)87-54)97-98-70(32-82-48)31-49(80-15)61(39(7)96-70)94-53-28-45(74)58(35(3)85-53)92-52-27-44(73)59(36(4)84-52)93-55-29-47(79-14)60(37(5)86-55)95-66-64(90-41(9)72)63(81-16)56(75)34(2)88-66/h17,25,33-40,43-45,47-56,58-66,73-75,77H,18-24,26-32H2,1-16H3. The molecule has 98 heavy (non-hydrogen) atoms. The smallest absolute Gasteiger partial charge is 0.303 e. The van der Waals surface area contributed by atoms with Gasteiger partial charge < -0.3 is 110 Å². The van der Waals surface area contributed by atoms with E-state index in [1.54, 1.807) is 40.9 Å². The molecule has 27 heteroatoms. The second kappa shape index (κ2) is 29.8. The molecule has 0 amide bonds. The van der Waals surface area contributed by atoms with Crippen LogP contribution in [0.15, 0.2) is 23.5 Å². The monoisotopic (exact) mass is 1400 g/mol. The van der Waals surface area contributed by atoms with E-state index in [1.807, 2.05) is 27.7 Å². The number of aliphatic hydroxyl groups excluding tert-OH is 3. The van der Waals surface area contributed by atoms with E-state index in [0.29, 0.717) is 18.8 Å². The Labute approximate surface area is 576 Å². The van der Waals surface area contributed by atoms with Crippen molar-refractivity contribution in [3.05, 3.63) is 23.5 Å². The fourth-order valence-electron chi connectivity index (χ4n) is 19.6. The van der Waals surface area contributed by atoms with E-state index in [0.717, 1.165) is 44.9 Å². The largest absolute Gasteiger partial charge is 0.493 e. The van der Waals surface area contributed by atoms with Gasteiger partial charge in [-0.2, -0.15) is 4.89 Å². The van der Waals surface area contributed by atoms with E-state index in [1.165, 1.54) is 33.8 Å². The Morgan fingerprint density at radius 1 is 0.643 bits per heavy atom. The molecule has 0 aromatic carbocycles. The molecular formula is C71H112O27. The number of carbonyl (C=O) groups excluding carboxylic acids is 2. The van der Waals surface area contributed by atoms with Crippen LogP contribution in [0.5, 0.6) is 0 Å². The van der Waals surface area contributed by atoms with Gasteiger partial charge >= 0.3 is 5.97 Å².